The van der Waals surface area contributed by atoms with Gasteiger partial charge >= 0.3 is 5.97 Å². The minimum Gasteiger partial charge on any atom is -0.480 e. The Hall–Kier alpha value is -1.89. The lowest BCUT2D eigenvalue weighted by Crippen LogP contribution is -2.41. The lowest BCUT2D eigenvalue weighted by molar-refractivity contribution is -0.148. The van der Waals surface area contributed by atoms with Crippen LogP contribution in [0.3, 0.4) is 0 Å². The van der Waals surface area contributed by atoms with Gasteiger partial charge in [0.05, 0.1) is 17.1 Å². The van der Waals surface area contributed by atoms with E-state index in [1.807, 2.05) is 0 Å². The number of carboxylic acid groups (broad SMARTS) is 1. The Balaban J connectivity index is 2.16. The maximum absolute atomic E-state index is 12.3. The van der Waals surface area contributed by atoms with Gasteiger partial charge in [0.1, 0.15) is 6.04 Å². The van der Waals surface area contributed by atoms with Gasteiger partial charge in [-0.25, -0.2) is 13.2 Å². The highest BCUT2D eigenvalue weighted by Gasteiger charge is 2.33. The fourth-order valence-corrected chi connectivity index (χ4v) is 3.56. The first-order valence-corrected chi connectivity index (χ1v) is 8.84. The number of sulfone groups is 1. The number of nitrogens with zero attached hydrogens (tertiary/aromatic N) is 1. The van der Waals surface area contributed by atoms with E-state index in [0.717, 1.165) is 0 Å². The van der Waals surface area contributed by atoms with Crippen LogP contribution in [0.15, 0.2) is 29.2 Å². The smallest absolute Gasteiger partial charge is 0.326 e. The average molecular weight is 325 g/mol. The van der Waals surface area contributed by atoms with Crippen LogP contribution in [-0.2, 0) is 25.8 Å². The Labute approximate surface area is 129 Å². The number of benzene rings is 1. The number of aliphatic carboxylic acids is 1. The monoisotopic (exact) mass is 325 g/mol. The maximum atomic E-state index is 12.3. The van der Waals surface area contributed by atoms with Gasteiger partial charge in [-0.3, -0.25) is 4.79 Å². The summed E-state index contributed by atoms with van der Waals surface area (Å²) in [5.41, 5.74) is 0.579. The van der Waals surface area contributed by atoms with Crippen molar-refractivity contribution in [2.24, 2.45) is 0 Å². The number of hydrogen-bond acceptors (Lipinski definition) is 4. The molecule has 1 heterocycles. The second-order valence-corrected chi connectivity index (χ2v) is 7.59. The largest absolute Gasteiger partial charge is 0.480 e. The zero-order valence-corrected chi connectivity index (χ0v) is 13.2. The quantitative estimate of drug-likeness (QED) is 0.875. The number of carboxylic acids is 1. The molecule has 6 nitrogen and oxygen atoms in total. The highest BCUT2D eigenvalue weighted by molar-refractivity contribution is 7.91. The molecule has 1 saturated heterocycles. The molecular weight excluding hydrogens is 306 g/mol. The molecule has 0 aliphatic carbocycles. The van der Waals surface area contributed by atoms with E-state index in [1.165, 1.54) is 17.0 Å². The molecule has 0 bridgehead atoms. The summed E-state index contributed by atoms with van der Waals surface area (Å²) in [4.78, 5) is 24.9. The molecule has 1 fully saturated rings. The van der Waals surface area contributed by atoms with E-state index >= 15 is 0 Å². The molecule has 120 valence electrons. The Morgan fingerprint density at radius 2 is 2.09 bits per heavy atom. The molecule has 1 aliphatic rings. The minimum atomic E-state index is -3.32. The fraction of sp³-hybridized carbons (Fsp3) is 0.467. The van der Waals surface area contributed by atoms with Gasteiger partial charge in [-0.2, -0.15) is 0 Å². The van der Waals surface area contributed by atoms with Crippen molar-refractivity contribution in [1.29, 1.82) is 0 Å². The predicted octanol–water partition coefficient (Wildman–Crippen LogP) is 1.10. The van der Waals surface area contributed by atoms with Crippen molar-refractivity contribution in [3.05, 3.63) is 29.8 Å². The van der Waals surface area contributed by atoms with Crippen LogP contribution in [0.25, 0.3) is 0 Å². The molecular formula is C15H19NO5S. The van der Waals surface area contributed by atoms with E-state index in [-0.39, 0.29) is 23.0 Å². The average Bonchev–Trinajstić information content (AvgIpc) is 2.97. The van der Waals surface area contributed by atoms with Crippen LogP contribution in [0, 0.1) is 0 Å². The molecule has 0 unspecified atom stereocenters. The Bertz CT molecular complexity index is 683. The predicted molar refractivity (Wildman–Crippen MR) is 80.2 cm³/mol. The summed E-state index contributed by atoms with van der Waals surface area (Å²) in [6.45, 7) is 2.00. The number of likely N-dealkylation sites (tertiary alicyclic amines) is 1. The summed E-state index contributed by atoms with van der Waals surface area (Å²) in [6.07, 6.45) is 1.15. The summed E-state index contributed by atoms with van der Waals surface area (Å²) in [5.74, 6) is -1.28. The SMILES string of the molecule is CCS(=O)(=O)c1cccc(CC(=O)N2CCC[C@@H]2C(=O)O)c1. The number of amides is 1. The number of carbonyl (C=O) groups is 2. The van der Waals surface area contributed by atoms with Crippen molar-refractivity contribution in [2.45, 2.75) is 37.1 Å². The van der Waals surface area contributed by atoms with Gasteiger partial charge in [-0.05, 0) is 30.5 Å². The third kappa shape index (κ3) is 3.47. The molecule has 1 atom stereocenters. The second-order valence-electron chi connectivity index (χ2n) is 5.31. The van der Waals surface area contributed by atoms with Crippen LogP contribution >= 0.6 is 0 Å². The lowest BCUT2D eigenvalue weighted by Gasteiger charge is -2.21. The van der Waals surface area contributed by atoms with Gasteiger partial charge < -0.3 is 10.0 Å². The summed E-state index contributed by atoms with van der Waals surface area (Å²) in [7, 11) is -3.32. The van der Waals surface area contributed by atoms with E-state index in [2.05, 4.69) is 0 Å². The number of rotatable bonds is 5. The zero-order chi connectivity index (χ0) is 16.3. The van der Waals surface area contributed by atoms with Crippen LogP contribution < -0.4 is 0 Å². The second kappa shape index (κ2) is 6.48. The zero-order valence-electron chi connectivity index (χ0n) is 12.4. The van der Waals surface area contributed by atoms with E-state index in [9.17, 15) is 18.0 Å². The van der Waals surface area contributed by atoms with Crippen LogP contribution in [-0.4, -0.2) is 48.6 Å². The summed E-state index contributed by atoms with van der Waals surface area (Å²) < 4.78 is 23.7. The summed E-state index contributed by atoms with van der Waals surface area (Å²) in [6, 6.07) is 5.50. The molecule has 1 aliphatic heterocycles. The number of hydrogen-bond donors (Lipinski definition) is 1. The van der Waals surface area contributed by atoms with Crippen molar-refractivity contribution < 1.29 is 23.1 Å². The van der Waals surface area contributed by atoms with Crippen molar-refractivity contribution in [1.82, 2.24) is 4.90 Å². The van der Waals surface area contributed by atoms with Gasteiger partial charge in [-0.1, -0.05) is 19.1 Å². The lowest BCUT2D eigenvalue weighted by atomic mass is 10.1. The van der Waals surface area contributed by atoms with Gasteiger partial charge in [0.25, 0.3) is 0 Å². The van der Waals surface area contributed by atoms with E-state index in [0.29, 0.717) is 24.9 Å². The molecule has 0 spiro atoms. The minimum absolute atomic E-state index is 0.00237. The van der Waals surface area contributed by atoms with Gasteiger partial charge in [0.2, 0.25) is 5.91 Å². The van der Waals surface area contributed by atoms with Gasteiger partial charge in [0.15, 0.2) is 9.84 Å². The maximum Gasteiger partial charge on any atom is 0.326 e. The molecule has 1 aromatic rings. The first-order valence-electron chi connectivity index (χ1n) is 7.19. The standard InChI is InChI=1S/C15H19NO5S/c1-2-22(20,21)12-6-3-5-11(9-12)10-14(17)16-8-4-7-13(16)15(18)19/h3,5-6,9,13H,2,4,7-8,10H2,1H3,(H,18,19)/t13-/m1/s1. The van der Waals surface area contributed by atoms with Crippen LogP contribution in [0.1, 0.15) is 25.3 Å². The highest BCUT2D eigenvalue weighted by atomic mass is 32.2. The highest BCUT2D eigenvalue weighted by Crippen LogP contribution is 2.20. The molecule has 0 aromatic heterocycles. The fourth-order valence-electron chi connectivity index (χ4n) is 2.61. The van der Waals surface area contributed by atoms with Crippen molar-refractivity contribution in [3.8, 4) is 0 Å². The molecule has 1 amide bonds. The molecule has 0 radical (unpaired) electrons. The van der Waals surface area contributed by atoms with E-state index in [4.69, 9.17) is 5.11 Å². The molecule has 2 rings (SSSR count). The molecule has 22 heavy (non-hydrogen) atoms. The first kappa shape index (κ1) is 16.5. The molecule has 1 aromatic carbocycles. The van der Waals surface area contributed by atoms with E-state index < -0.39 is 21.8 Å². The topological polar surface area (TPSA) is 91.8 Å². The first-order chi connectivity index (χ1) is 10.3. The summed E-state index contributed by atoms with van der Waals surface area (Å²) in [5, 5.41) is 9.11. The Morgan fingerprint density at radius 3 is 2.73 bits per heavy atom. The third-order valence-electron chi connectivity index (χ3n) is 3.85. The van der Waals surface area contributed by atoms with Crippen molar-refractivity contribution in [3.63, 3.8) is 0 Å². The third-order valence-corrected chi connectivity index (χ3v) is 5.58. The number of carbonyl (C=O) groups excluding carboxylic acids is 1. The summed E-state index contributed by atoms with van der Waals surface area (Å²) >= 11 is 0. The molecule has 1 N–H and O–H groups in total. The molecule has 7 heteroatoms. The van der Waals surface area contributed by atoms with Gasteiger partial charge in [0, 0.05) is 6.54 Å². The van der Waals surface area contributed by atoms with Crippen molar-refractivity contribution >= 4 is 21.7 Å². The Kier molecular flexibility index (Phi) is 4.85. The van der Waals surface area contributed by atoms with Crippen LogP contribution in [0.4, 0.5) is 0 Å². The van der Waals surface area contributed by atoms with Gasteiger partial charge in [-0.15, -0.1) is 0 Å². The van der Waals surface area contributed by atoms with Crippen LogP contribution in [0.5, 0.6) is 0 Å². The van der Waals surface area contributed by atoms with Crippen molar-refractivity contribution in [2.75, 3.05) is 12.3 Å². The van der Waals surface area contributed by atoms with Crippen LogP contribution in [0.2, 0.25) is 0 Å². The Morgan fingerprint density at radius 1 is 1.36 bits per heavy atom. The normalized spacial score (nSPS) is 18.4. The molecule has 0 saturated carbocycles. The van der Waals surface area contributed by atoms with E-state index in [1.54, 1.807) is 19.1 Å².